The van der Waals surface area contributed by atoms with E-state index in [0.29, 0.717) is 5.69 Å². The van der Waals surface area contributed by atoms with E-state index in [9.17, 15) is 9.90 Å². The van der Waals surface area contributed by atoms with Crippen LogP contribution in [0.1, 0.15) is 41.8 Å². The Balaban J connectivity index is 1.64. The van der Waals surface area contributed by atoms with Crippen LogP contribution in [0, 0.1) is 0 Å². The molecule has 0 bridgehead atoms. The van der Waals surface area contributed by atoms with Crippen molar-refractivity contribution in [3.63, 3.8) is 0 Å². The lowest BCUT2D eigenvalue weighted by Gasteiger charge is -2.21. The van der Waals surface area contributed by atoms with E-state index in [2.05, 4.69) is 54.4 Å². The third kappa shape index (κ3) is 5.41. The Morgan fingerprint density at radius 2 is 1.47 bits per heavy atom. The molecule has 0 aliphatic heterocycles. The number of rotatable bonds is 10. The summed E-state index contributed by atoms with van der Waals surface area (Å²) in [5, 5.41) is 12.7. The molecule has 0 heterocycles. The van der Waals surface area contributed by atoms with E-state index in [1.807, 2.05) is 24.3 Å². The summed E-state index contributed by atoms with van der Waals surface area (Å²) in [6, 6.07) is 24.0. The fraction of sp³-hybridized carbons (Fsp3) is 0.269. The number of nitrogens with one attached hydrogen (secondary N) is 1. The van der Waals surface area contributed by atoms with Gasteiger partial charge in [0.25, 0.3) is 0 Å². The Hall–Kier alpha value is -3.27. The minimum atomic E-state index is -0.927. The molecule has 4 nitrogen and oxygen atoms in total. The molecule has 0 atom stereocenters. The van der Waals surface area contributed by atoms with Crippen LogP contribution in [0.15, 0.2) is 72.8 Å². The van der Waals surface area contributed by atoms with Gasteiger partial charge in [0, 0.05) is 24.5 Å². The first kappa shape index (κ1) is 21.4. The molecular weight excluding hydrogens is 372 g/mol. The number of benzene rings is 3. The summed E-state index contributed by atoms with van der Waals surface area (Å²) in [6.07, 6.45) is 2.97. The molecule has 0 aliphatic carbocycles. The number of hydrogen-bond donors (Lipinski definition) is 2. The molecule has 156 valence electrons. The Bertz CT molecular complexity index is 963. The third-order valence-electron chi connectivity index (χ3n) is 5.42. The second-order valence-electron chi connectivity index (χ2n) is 7.33. The van der Waals surface area contributed by atoms with Crippen molar-refractivity contribution in [3.05, 3.63) is 89.5 Å². The number of carbonyl (C=O) groups is 1. The Kier molecular flexibility index (Phi) is 7.50. The van der Waals surface area contributed by atoms with Crippen molar-refractivity contribution in [1.82, 2.24) is 0 Å². The Labute approximate surface area is 179 Å². The van der Waals surface area contributed by atoms with Crippen LogP contribution in [-0.2, 0) is 12.8 Å². The van der Waals surface area contributed by atoms with Crippen LogP contribution in [0.3, 0.4) is 0 Å². The van der Waals surface area contributed by atoms with Crippen LogP contribution in [0.2, 0.25) is 0 Å². The Morgan fingerprint density at radius 1 is 0.833 bits per heavy atom. The average molecular weight is 403 g/mol. The van der Waals surface area contributed by atoms with Crippen molar-refractivity contribution in [2.75, 3.05) is 23.3 Å². The van der Waals surface area contributed by atoms with Gasteiger partial charge in [-0.05, 0) is 74.6 Å². The van der Waals surface area contributed by atoms with Crippen LogP contribution in [0.25, 0.3) is 0 Å². The van der Waals surface area contributed by atoms with Crippen LogP contribution in [-0.4, -0.2) is 24.2 Å². The molecule has 30 heavy (non-hydrogen) atoms. The predicted molar refractivity (Wildman–Crippen MR) is 125 cm³/mol. The second kappa shape index (κ2) is 10.5. The highest BCUT2D eigenvalue weighted by Crippen LogP contribution is 2.25. The summed E-state index contributed by atoms with van der Waals surface area (Å²) >= 11 is 0. The van der Waals surface area contributed by atoms with Gasteiger partial charge in [0.1, 0.15) is 0 Å². The van der Waals surface area contributed by atoms with Gasteiger partial charge in [0.05, 0.1) is 11.3 Å². The lowest BCUT2D eigenvalue weighted by molar-refractivity contribution is 0.0698. The first-order valence-electron chi connectivity index (χ1n) is 10.6. The number of nitrogens with zero attached hydrogens (tertiary/aromatic N) is 1. The topological polar surface area (TPSA) is 52.6 Å². The minimum Gasteiger partial charge on any atom is -0.478 e. The normalized spacial score (nSPS) is 10.6. The molecule has 0 aromatic heterocycles. The highest BCUT2D eigenvalue weighted by Gasteiger charge is 2.10. The lowest BCUT2D eigenvalue weighted by Crippen LogP contribution is -2.21. The molecule has 0 spiro atoms. The largest absolute Gasteiger partial charge is 0.478 e. The van der Waals surface area contributed by atoms with Gasteiger partial charge in [-0.25, -0.2) is 4.79 Å². The number of para-hydroxylation sites is 2. The smallest absolute Gasteiger partial charge is 0.337 e. The first-order chi connectivity index (χ1) is 14.6. The molecule has 0 radical (unpaired) electrons. The van der Waals surface area contributed by atoms with Crippen LogP contribution < -0.4 is 10.2 Å². The Morgan fingerprint density at radius 3 is 2.13 bits per heavy atom. The van der Waals surface area contributed by atoms with Crippen molar-refractivity contribution >= 4 is 23.0 Å². The molecule has 4 heteroatoms. The number of carboxylic acids is 1. The number of aromatic carboxylic acids is 1. The third-order valence-corrected chi connectivity index (χ3v) is 5.42. The summed E-state index contributed by atoms with van der Waals surface area (Å²) in [7, 11) is 0. The van der Waals surface area contributed by atoms with E-state index in [1.54, 1.807) is 18.2 Å². The lowest BCUT2D eigenvalue weighted by atomic mass is 10.0. The molecule has 2 N–H and O–H groups in total. The standard InChI is InChI=1S/C26H30N2O2/c1-3-28(4-2)22-18-16-20(17-19-22)10-9-12-21-11-5-7-14-24(21)27-25-15-8-6-13-23(25)26(29)30/h5-8,11,13-19,27H,3-4,9-10,12H2,1-2H3,(H,29,30). The molecule has 0 fully saturated rings. The SMILES string of the molecule is CCN(CC)c1ccc(CCCc2ccccc2Nc2ccccc2C(=O)O)cc1. The minimum absolute atomic E-state index is 0.278. The number of carboxylic acid groups (broad SMARTS) is 1. The summed E-state index contributed by atoms with van der Waals surface area (Å²) in [5.74, 6) is -0.927. The number of hydrogen-bond acceptors (Lipinski definition) is 3. The summed E-state index contributed by atoms with van der Waals surface area (Å²) in [6.45, 7) is 6.39. The van der Waals surface area contributed by atoms with Crippen LogP contribution in [0.4, 0.5) is 17.1 Å². The fourth-order valence-electron chi connectivity index (χ4n) is 3.73. The van der Waals surface area contributed by atoms with E-state index >= 15 is 0 Å². The van der Waals surface area contributed by atoms with Crippen molar-refractivity contribution in [1.29, 1.82) is 0 Å². The number of anilines is 3. The van der Waals surface area contributed by atoms with Gasteiger partial charge in [-0.3, -0.25) is 0 Å². The molecular formula is C26H30N2O2. The molecule has 3 aromatic rings. The maximum atomic E-state index is 11.5. The van der Waals surface area contributed by atoms with Crippen molar-refractivity contribution < 1.29 is 9.90 Å². The van der Waals surface area contributed by atoms with E-state index in [4.69, 9.17) is 0 Å². The molecule has 0 aliphatic rings. The van der Waals surface area contributed by atoms with Crippen molar-refractivity contribution in [2.45, 2.75) is 33.1 Å². The fourth-order valence-corrected chi connectivity index (χ4v) is 3.73. The predicted octanol–water partition coefficient (Wildman–Crippen LogP) is 6.15. The van der Waals surface area contributed by atoms with E-state index < -0.39 is 5.97 Å². The molecule has 3 rings (SSSR count). The van der Waals surface area contributed by atoms with Crippen LogP contribution in [0.5, 0.6) is 0 Å². The first-order valence-corrected chi connectivity index (χ1v) is 10.6. The molecule has 3 aromatic carbocycles. The highest BCUT2D eigenvalue weighted by molar-refractivity contribution is 5.95. The maximum Gasteiger partial charge on any atom is 0.337 e. The zero-order valence-corrected chi connectivity index (χ0v) is 17.8. The second-order valence-corrected chi connectivity index (χ2v) is 7.33. The van der Waals surface area contributed by atoms with Gasteiger partial charge >= 0.3 is 5.97 Å². The maximum absolute atomic E-state index is 11.5. The molecule has 0 saturated carbocycles. The summed E-state index contributed by atoms with van der Waals surface area (Å²) < 4.78 is 0. The summed E-state index contributed by atoms with van der Waals surface area (Å²) in [4.78, 5) is 13.8. The van der Waals surface area contributed by atoms with Crippen LogP contribution >= 0.6 is 0 Å². The quantitative estimate of drug-likeness (QED) is 0.427. The van der Waals surface area contributed by atoms with E-state index in [0.717, 1.165) is 38.0 Å². The van der Waals surface area contributed by atoms with Gasteiger partial charge in [-0.1, -0.05) is 42.5 Å². The average Bonchev–Trinajstić information content (AvgIpc) is 2.77. The monoisotopic (exact) mass is 402 g/mol. The van der Waals surface area contributed by atoms with Gasteiger partial charge in [0.15, 0.2) is 0 Å². The van der Waals surface area contributed by atoms with Gasteiger partial charge in [0.2, 0.25) is 0 Å². The summed E-state index contributed by atoms with van der Waals surface area (Å²) in [5.41, 5.74) is 5.66. The van der Waals surface area contributed by atoms with E-state index in [1.165, 1.54) is 16.8 Å². The molecule has 0 amide bonds. The number of aryl methyl sites for hydroxylation is 2. The van der Waals surface area contributed by atoms with Gasteiger partial charge in [-0.2, -0.15) is 0 Å². The zero-order valence-electron chi connectivity index (χ0n) is 17.8. The van der Waals surface area contributed by atoms with Crippen molar-refractivity contribution in [2.24, 2.45) is 0 Å². The highest BCUT2D eigenvalue weighted by atomic mass is 16.4. The zero-order chi connectivity index (χ0) is 21.3. The molecule has 0 unspecified atom stereocenters. The van der Waals surface area contributed by atoms with Gasteiger partial charge in [-0.15, -0.1) is 0 Å². The van der Waals surface area contributed by atoms with Gasteiger partial charge < -0.3 is 15.3 Å². The molecule has 0 saturated heterocycles. The van der Waals surface area contributed by atoms with E-state index in [-0.39, 0.29) is 5.56 Å². The van der Waals surface area contributed by atoms with Crippen molar-refractivity contribution in [3.8, 4) is 0 Å².